The molecule has 0 fully saturated rings. The van der Waals surface area contributed by atoms with Gasteiger partial charge < -0.3 is 0 Å². The maximum absolute atomic E-state index is 2.43. The molecule has 101 valence electrons. The number of unbranched alkanes of at least 4 members (excludes halogenated alkanes) is 5. The predicted molar refractivity (Wildman–Crippen MR) is 82.2 cm³/mol. The fourth-order valence-corrected chi connectivity index (χ4v) is 2.46. The molecule has 1 aromatic rings. The molecule has 0 saturated carbocycles. The standard InChI is InChI=1S/C18H29/c1-6-7-8-9-10-11-12-18-13-14(2)15(3)16(4)17(18)5/h12-13H,6-11H2,1-5H3. The summed E-state index contributed by atoms with van der Waals surface area (Å²) in [6, 6.07) is 2.35. The van der Waals surface area contributed by atoms with Gasteiger partial charge in [-0.25, -0.2) is 0 Å². The van der Waals surface area contributed by atoms with Gasteiger partial charge >= 0.3 is 0 Å². The van der Waals surface area contributed by atoms with Crippen molar-refractivity contribution in [2.45, 2.75) is 73.1 Å². The second-order valence-corrected chi connectivity index (χ2v) is 5.56. The van der Waals surface area contributed by atoms with Crippen molar-refractivity contribution in [2.75, 3.05) is 0 Å². The van der Waals surface area contributed by atoms with Crippen LogP contribution < -0.4 is 0 Å². The van der Waals surface area contributed by atoms with Crippen LogP contribution in [0.4, 0.5) is 0 Å². The number of aryl methyl sites for hydroxylation is 1. The SMILES string of the molecule is CCCCCCC[CH]c1cc(C)c(C)c(C)c1C. The zero-order chi connectivity index (χ0) is 13.5. The van der Waals surface area contributed by atoms with Crippen molar-refractivity contribution in [3.05, 3.63) is 40.3 Å². The van der Waals surface area contributed by atoms with Crippen LogP contribution in [0.5, 0.6) is 0 Å². The number of hydrogen-bond donors (Lipinski definition) is 0. The van der Waals surface area contributed by atoms with Gasteiger partial charge in [0.05, 0.1) is 0 Å². The largest absolute Gasteiger partial charge is 0.0654 e. The molecule has 0 bridgehead atoms. The lowest BCUT2D eigenvalue weighted by Gasteiger charge is -2.14. The number of hydrogen-bond acceptors (Lipinski definition) is 0. The monoisotopic (exact) mass is 245 g/mol. The van der Waals surface area contributed by atoms with E-state index in [1.165, 1.54) is 66.3 Å². The van der Waals surface area contributed by atoms with Crippen LogP contribution in [0.3, 0.4) is 0 Å². The van der Waals surface area contributed by atoms with Crippen LogP contribution in [0.1, 0.15) is 73.3 Å². The third-order valence-electron chi connectivity index (χ3n) is 4.19. The summed E-state index contributed by atoms with van der Waals surface area (Å²) in [5.41, 5.74) is 7.26. The van der Waals surface area contributed by atoms with Gasteiger partial charge in [-0.2, -0.15) is 0 Å². The fraction of sp³-hybridized carbons (Fsp3) is 0.611. The first kappa shape index (κ1) is 15.3. The van der Waals surface area contributed by atoms with Gasteiger partial charge in [0.2, 0.25) is 0 Å². The van der Waals surface area contributed by atoms with Crippen molar-refractivity contribution >= 4 is 0 Å². The molecular weight excluding hydrogens is 216 g/mol. The normalized spacial score (nSPS) is 10.9. The van der Waals surface area contributed by atoms with E-state index in [2.05, 4.69) is 47.1 Å². The molecule has 1 rings (SSSR count). The average molecular weight is 245 g/mol. The Labute approximate surface area is 114 Å². The highest BCUT2D eigenvalue weighted by Crippen LogP contribution is 2.23. The Balaban J connectivity index is 2.48. The molecule has 0 heteroatoms. The van der Waals surface area contributed by atoms with Crippen LogP contribution in [-0.2, 0) is 0 Å². The fourth-order valence-electron chi connectivity index (χ4n) is 2.46. The molecule has 1 aromatic carbocycles. The molecule has 18 heavy (non-hydrogen) atoms. The van der Waals surface area contributed by atoms with Crippen molar-refractivity contribution in [2.24, 2.45) is 0 Å². The summed E-state index contributed by atoms with van der Waals surface area (Å²) in [5.74, 6) is 0. The van der Waals surface area contributed by atoms with Crippen LogP contribution in [0.25, 0.3) is 0 Å². The Hall–Kier alpha value is -0.780. The summed E-state index contributed by atoms with van der Waals surface area (Å²) >= 11 is 0. The quantitative estimate of drug-likeness (QED) is 0.530. The molecule has 0 aromatic heterocycles. The van der Waals surface area contributed by atoms with Gasteiger partial charge in [0.25, 0.3) is 0 Å². The first-order valence-corrected chi connectivity index (χ1v) is 7.48. The van der Waals surface area contributed by atoms with Crippen molar-refractivity contribution in [1.82, 2.24) is 0 Å². The molecule has 0 spiro atoms. The molecule has 1 radical (unpaired) electrons. The summed E-state index contributed by atoms with van der Waals surface area (Å²) in [5, 5.41) is 0. The van der Waals surface area contributed by atoms with E-state index in [0.717, 1.165) is 0 Å². The van der Waals surface area contributed by atoms with Crippen LogP contribution >= 0.6 is 0 Å². The van der Waals surface area contributed by atoms with E-state index in [9.17, 15) is 0 Å². The maximum atomic E-state index is 2.43. The summed E-state index contributed by atoms with van der Waals surface area (Å²) in [6.45, 7) is 11.2. The third-order valence-corrected chi connectivity index (χ3v) is 4.19. The highest BCUT2D eigenvalue weighted by molar-refractivity contribution is 5.46. The molecule has 0 aliphatic rings. The lowest BCUT2D eigenvalue weighted by atomic mass is 9.92. The van der Waals surface area contributed by atoms with E-state index in [-0.39, 0.29) is 0 Å². The Kier molecular flexibility index (Phi) is 6.46. The lowest BCUT2D eigenvalue weighted by Crippen LogP contribution is -1.97. The van der Waals surface area contributed by atoms with Crippen molar-refractivity contribution in [3.63, 3.8) is 0 Å². The average Bonchev–Trinajstić information content (AvgIpc) is 2.37. The second-order valence-electron chi connectivity index (χ2n) is 5.56. The molecule has 0 saturated heterocycles. The van der Waals surface area contributed by atoms with Gasteiger partial charge in [-0.1, -0.05) is 45.1 Å². The molecule has 0 heterocycles. The Morgan fingerprint density at radius 1 is 0.833 bits per heavy atom. The molecule has 0 aliphatic carbocycles. The zero-order valence-corrected chi connectivity index (χ0v) is 12.9. The molecule has 0 aliphatic heterocycles. The zero-order valence-electron chi connectivity index (χ0n) is 12.9. The Morgan fingerprint density at radius 2 is 1.50 bits per heavy atom. The number of benzene rings is 1. The van der Waals surface area contributed by atoms with Gasteiger partial charge in [0, 0.05) is 0 Å². The van der Waals surface area contributed by atoms with Crippen LogP contribution in [0, 0.1) is 34.1 Å². The maximum Gasteiger partial charge on any atom is -0.00902 e. The van der Waals surface area contributed by atoms with E-state index in [0.29, 0.717) is 0 Å². The molecule has 0 unspecified atom stereocenters. The number of rotatable bonds is 7. The minimum Gasteiger partial charge on any atom is -0.0654 e. The van der Waals surface area contributed by atoms with Gasteiger partial charge in [-0.3, -0.25) is 0 Å². The Bertz CT molecular complexity index is 374. The van der Waals surface area contributed by atoms with E-state index < -0.39 is 0 Å². The van der Waals surface area contributed by atoms with Gasteiger partial charge in [-0.05, 0) is 68.4 Å². The van der Waals surface area contributed by atoms with Gasteiger partial charge in [0.1, 0.15) is 0 Å². The first-order valence-electron chi connectivity index (χ1n) is 7.48. The van der Waals surface area contributed by atoms with Crippen LogP contribution in [0.2, 0.25) is 0 Å². The van der Waals surface area contributed by atoms with E-state index in [1.807, 2.05) is 0 Å². The highest BCUT2D eigenvalue weighted by Gasteiger charge is 2.06. The van der Waals surface area contributed by atoms with Crippen LogP contribution in [-0.4, -0.2) is 0 Å². The first-order chi connectivity index (χ1) is 8.57. The third kappa shape index (κ3) is 4.15. The molecular formula is C18H29. The summed E-state index contributed by atoms with van der Waals surface area (Å²) < 4.78 is 0. The van der Waals surface area contributed by atoms with Crippen LogP contribution in [0.15, 0.2) is 6.07 Å². The van der Waals surface area contributed by atoms with Gasteiger partial charge in [-0.15, -0.1) is 0 Å². The van der Waals surface area contributed by atoms with E-state index in [4.69, 9.17) is 0 Å². The van der Waals surface area contributed by atoms with Crippen molar-refractivity contribution in [3.8, 4) is 0 Å². The summed E-state index contributed by atoms with van der Waals surface area (Å²) in [6.07, 6.45) is 10.5. The topological polar surface area (TPSA) is 0 Å². The highest BCUT2D eigenvalue weighted by atomic mass is 14.1. The smallest absolute Gasteiger partial charge is 0.00902 e. The molecule has 0 nitrogen and oxygen atoms in total. The van der Waals surface area contributed by atoms with E-state index in [1.54, 1.807) is 0 Å². The second kappa shape index (κ2) is 7.61. The summed E-state index contributed by atoms with van der Waals surface area (Å²) in [7, 11) is 0. The molecule has 0 N–H and O–H groups in total. The molecule has 0 atom stereocenters. The summed E-state index contributed by atoms with van der Waals surface area (Å²) in [4.78, 5) is 0. The lowest BCUT2D eigenvalue weighted by molar-refractivity contribution is 0.631. The minimum absolute atomic E-state index is 1.23. The van der Waals surface area contributed by atoms with Gasteiger partial charge in [0.15, 0.2) is 0 Å². The van der Waals surface area contributed by atoms with Crippen molar-refractivity contribution < 1.29 is 0 Å². The Morgan fingerprint density at radius 3 is 2.17 bits per heavy atom. The molecule has 0 amide bonds. The van der Waals surface area contributed by atoms with Crippen molar-refractivity contribution in [1.29, 1.82) is 0 Å². The van der Waals surface area contributed by atoms with E-state index >= 15 is 0 Å². The predicted octanol–water partition coefficient (Wildman–Crippen LogP) is 5.83. The minimum atomic E-state index is 1.23.